The van der Waals surface area contributed by atoms with Crippen LogP contribution in [0.3, 0.4) is 0 Å². The monoisotopic (exact) mass is 293 g/mol. The quantitative estimate of drug-likeness (QED) is 0.916. The van der Waals surface area contributed by atoms with E-state index in [9.17, 15) is 0 Å². The van der Waals surface area contributed by atoms with Crippen molar-refractivity contribution < 1.29 is 9.47 Å². The van der Waals surface area contributed by atoms with Gasteiger partial charge in [0.05, 0.1) is 20.3 Å². The second kappa shape index (κ2) is 6.43. The molecule has 1 aromatic heterocycles. The average molecular weight is 294 g/mol. The minimum atomic E-state index is 0.0466. The Morgan fingerprint density at radius 2 is 1.80 bits per heavy atom. The van der Waals surface area contributed by atoms with Crippen molar-refractivity contribution in [2.24, 2.45) is 0 Å². The Morgan fingerprint density at radius 1 is 1.05 bits per heavy atom. The van der Waals surface area contributed by atoms with Gasteiger partial charge in [-0.15, -0.1) is 10.2 Å². The van der Waals surface area contributed by atoms with Crippen molar-refractivity contribution in [3.8, 4) is 11.5 Å². The van der Waals surface area contributed by atoms with Crippen molar-refractivity contribution in [3.63, 3.8) is 0 Å². The maximum Gasteiger partial charge on any atom is 0.161 e. The normalized spacial score (nSPS) is 11.8. The van der Waals surface area contributed by atoms with Crippen LogP contribution in [-0.4, -0.2) is 24.4 Å². The third-order valence-electron chi connectivity index (χ3n) is 2.90. The van der Waals surface area contributed by atoms with Crippen molar-refractivity contribution in [3.05, 3.63) is 41.0 Å². The lowest BCUT2D eigenvalue weighted by molar-refractivity contribution is 0.354. The smallest absolute Gasteiger partial charge is 0.161 e. The first-order valence-electron chi connectivity index (χ1n) is 6.11. The summed E-state index contributed by atoms with van der Waals surface area (Å²) >= 11 is 5.71. The highest BCUT2D eigenvalue weighted by Gasteiger charge is 2.10. The number of nitrogens with one attached hydrogen (secondary N) is 1. The summed E-state index contributed by atoms with van der Waals surface area (Å²) in [6, 6.07) is 9.30. The second-order valence-electron chi connectivity index (χ2n) is 4.22. The van der Waals surface area contributed by atoms with E-state index < -0.39 is 0 Å². The van der Waals surface area contributed by atoms with Crippen molar-refractivity contribution >= 4 is 17.4 Å². The zero-order valence-electron chi connectivity index (χ0n) is 11.6. The first-order chi connectivity index (χ1) is 9.63. The molecular weight excluding hydrogens is 278 g/mol. The molecule has 20 heavy (non-hydrogen) atoms. The number of methoxy groups -OCH3 is 2. The van der Waals surface area contributed by atoms with E-state index in [1.165, 1.54) is 0 Å². The molecule has 1 atom stereocenters. The van der Waals surface area contributed by atoms with Crippen LogP contribution in [0.5, 0.6) is 11.5 Å². The molecule has 0 saturated carbocycles. The number of aromatic nitrogens is 2. The summed E-state index contributed by atoms with van der Waals surface area (Å²) in [5, 5.41) is 11.4. The maximum atomic E-state index is 5.71. The van der Waals surface area contributed by atoms with Crippen molar-refractivity contribution in [2.45, 2.75) is 13.0 Å². The first-order valence-corrected chi connectivity index (χ1v) is 6.49. The number of halogens is 1. The number of hydrogen-bond acceptors (Lipinski definition) is 5. The SMILES string of the molecule is COc1ccc(C(C)Nc2ccc(Cl)nn2)cc1OC. The molecule has 0 amide bonds. The molecule has 0 aliphatic rings. The molecule has 1 heterocycles. The number of benzene rings is 1. The van der Waals surface area contributed by atoms with Gasteiger partial charge >= 0.3 is 0 Å². The number of anilines is 1. The molecular formula is C14H16ClN3O2. The van der Waals surface area contributed by atoms with Crippen LogP contribution in [0.1, 0.15) is 18.5 Å². The first kappa shape index (κ1) is 14.4. The number of nitrogens with zero attached hydrogens (tertiary/aromatic N) is 2. The third-order valence-corrected chi connectivity index (χ3v) is 3.11. The lowest BCUT2D eigenvalue weighted by Gasteiger charge is -2.16. The maximum absolute atomic E-state index is 5.71. The zero-order valence-corrected chi connectivity index (χ0v) is 12.3. The standard InChI is InChI=1S/C14H16ClN3O2/c1-9(16-14-7-6-13(15)17-18-14)10-4-5-11(19-2)12(8-10)20-3/h4-9H,1-3H3,(H,16,18). The van der Waals surface area contributed by atoms with Crippen LogP contribution >= 0.6 is 11.6 Å². The Balaban J connectivity index is 2.16. The fourth-order valence-corrected chi connectivity index (χ4v) is 1.92. The van der Waals surface area contributed by atoms with Crippen LogP contribution in [0.4, 0.5) is 5.82 Å². The minimum absolute atomic E-state index is 0.0466. The van der Waals surface area contributed by atoms with Crippen molar-refractivity contribution in [1.82, 2.24) is 10.2 Å². The minimum Gasteiger partial charge on any atom is -0.493 e. The van der Waals surface area contributed by atoms with Gasteiger partial charge in [-0.3, -0.25) is 0 Å². The van der Waals surface area contributed by atoms with Gasteiger partial charge in [0.2, 0.25) is 0 Å². The Kier molecular flexibility index (Phi) is 4.63. The highest BCUT2D eigenvalue weighted by atomic mass is 35.5. The summed E-state index contributed by atoms with van der Waals surface area (Å²) in [5.41, 5.74) is 1.06. The van der Waals surface area contributed by atoms with E-state index >= 15 is 0 Å². The number of rotatable bonds is 5. The number of hydrogen-bond donors (Lipinski definition) is 1. The van der Waals surface area contributed by atoms with Crippen molar-refractivity contribution in [2.75, 3.05) is 19.5 Å². The highest BCUT2D eigenvalue weighted by Crippen LogP contribution is 2.30. The van der Waals surface area contributed by atoms with Gasteiger partial charge in [0, 0.05) is 0 Å². The largest absolute Gasteiger partial charge is 0.493 e. The van der Waals surface area contributed by atoms with Gasteiger partial charge in [-0.1, -0.05) is 17.7 Å². The Labute approximate surface area is 122 Å². The van der Waals surface area contributed by atoms with E-state index in [2.05, 4.69) is 15.5 Å². The predicted octanol–water partition coefficient (Wildman–Crippen LogP) is 3.32. The highest BCUT2D eigenvalue weighted by molar-refractivity contribution is 6.29. The molecule has 1 unspecified atom stereocenters. The van der Waals surface area contributed by atoms with Gasteiger partial charge in [-0.2, -0.15) is 0 Å². The van der Waals surface area contributed by atoms with Crippen molar-refractivity contribution in [1.29, 1.82) is 0 Å². The molecule has 1 aromatic carbocycles. The Morgan fingerprint density at radius 3 is 2.40 bits per heavy atom. The summed E-state index contributed by atoms with van der Waals surface area (Å²) in [4.78, 5) is 0. The molecule has 5 nitrogen and oxygen atoms in total. The molecule has 2 rings (SSSR count). The lowest BCUT2D eigenvalue weighted by atomic mass is 10.1. The van der Waals surface area contributed by atoms with Crippen LogP contribution < -0.4 is 14.8 Å². The van der Waals surface area contributed by atoms with E-state index in [-0.39, 0.29) is 6.04 Å². The lowest BCUT2D eigenvalue weighted by Crippen LogP contribution is -2.08. The fourth-order valence-electron chi connectivity index (χ4n) is 1.82. The van der Waals surface area contributed by atoms with Crippen LogP contribution in [0.2, 0.25) is 5.15 Å². The third kappa shape index (κ3) is 3.30. The Bertz CT molecular complexity index is 575. The van der Waals surface area contributed by atoms with Gasteiger partial charge in [0.1, 0.15) is 5.82 Å². The fraction of sp³-hybridized carbons (Fsp3) is 0.286. The van der Waals surface area contributed by atoms with Crippen LogP contribution in [0.15, 0.2) is 30.3 Å². The molecule has 0 aliphatic carbocycles. The molecule has 2 aromatic rings. The molecule has 0 saturated heterocycles. The van der Waals surface area contributed by atoms with Crippen LogP contribution in [-0.2, 0) is 0 Å². The molecule has 0 radical (unpaired) electrons. The van der Waals surface area contributed by atoms with E-state index in [1.807, 2.05) is 25.1 Å². The zero-order chi connectivity index (χ0) is 14.5. The molecule has 0 bridgehead atoms. The molecule has 106 valence electrons. The van der Waals surface area contributed by atoms with E-state index in [4.69, 9.17) is 21.1 Å². The average Bonchev–Trinajstić information content (AvgIpc) is 2.48. The number of ether oxygens (including phenoxy) is 2. The molecule has 0 aliphatic heterocycles. The molecule has 0 spiro atoms. The summed E-state index contributed by atoms with van der Waals surface area (Å²) in [5.74, 6) is 2.06. The summed E-state index contributed by atoms with van der Waals surface area (Å²) in [6.45, 7) is 2.03. The van der Waals surface area contributed by atoms with Gasteiger partial charge in [-0.05, 0) is 36.8 Å². The second-order valence-corrected chi connectivity index (χ2v) is 4.61. The van der Waals surface area contributed by atoms with Gasteiger partial charge < -0.3 is 14.8 Å². The molecule has 1 N–H and O–H groups in total. The van der Waals surface area contributed by atoms with Gasteiger partial charge in [0.15, 0.2) is 16.7 Å². The predicted molar refractivity (Wildman–Crippen MR) is 78.6 cm³/mol. The van der Waals surface area contributed by atoms with E-state index in [0.717, 1.165) is 5.56 Å². The molecule has 0 fully saturated rings. The molecule has 6 heteroatoms. The topological polar surface area (TPSA) is 56.3 Å². The van der Waals surface area contributed by atoms with E-state index in [1.54, 1.807) is 26.4 Å². The van der Waals surface area contributed by atoms with Gasteiger partial charge in [-0.25, -0.2) is 0 Å². The van der Waals surface area contributed by atoms with Crippen LogP contribution in [0, 0.1) is 0 Å². The summed E-state index contributed by atoms with van der Waals surface area (Å²) in [7, 11) is 3.23. The Hall–Kier alpha value is -2.01. The van der Waals surface area contributed by atoms with Crippen LogP contribution in [0.25, 0.3) is 0 Å². The summed E-state index contributed by atoms with van der Waals surface area (Å²) < 4.78 is 10.5. The van der Waals surface area contributed by atoms with E-state index in [0.29, 0.717) is 22.5 Å². The summed E-state index contributed by atoms with van der Waals surface area (Å²) in [6.07, 6.45) is 0. The van der Waals surface area contributed by atoms with Gasteiger partial charge in [0.25, 0.3) is 0 Å².